The third-order valence-electron chi connectivity index (χ3n) is 3.12. The number of halogens is 1. The molecule has 21 heavy (non-hydrogen) atoms. The molecule has 1 aromatic carbocycles. The van der Waals surface area contributed by atoms with Crippen LogP contribution in [0.25, 0.3) is 10.6 Å². The Morgan fingerprint density at radius 3 is 2.81 bits per heavy atom. The van der Waals surface area contributed by atoms with Gasteiger partial charge in [-0.25, -0.2) is 0 Å². The van der Waals surface area contributed by atoms with E-state index >= 15 is 0 Å². The van der Waals surface area contributed by atoms with Gasteiger partial charge < -0.3 is 5.32 Å². The van der Waals surface area contributed by atoms with Crippen molar-refractivity contribution in [2.75, 3.05) is 13.1 Å². The average Bonchev–Trinajstić information content (AvgIpc) is 2.86. The standard InChI is InChI=1S/C16H22BrN3S/c1-11(2)10-18-8-4-5-15-19-20-16(21-15)13-7-6-12(3)9-14(13)17/h6-7,9,11,18H,4-5,8,10H2,1-3H3. The molecule has 0 aliphatic rings. The Hall–Kier alpha value is -0.780. The zero-order chi connectivity index (χ0) is 15.2. The third kappa shape index (κ3) is 5.16. The van der Waals surface area contributed by atoms with E-state index < -0.39 is 0 Å². The first-order valence-corrected chi connectivity index (χ1v) is 8.97. The Morgan fingerprint density at radius 1 is 1.29 bits per heavy atom. The quantitative estimate of drug-likeness (QED) is 0.734. The molecule has 0 saturated carbocycles. The van der Waals surface area contributed by atoms with Gasteiger partial charge in [0.05, 0.1) is 0 Å². The number of aryl methyl sites for hydroxylation is 2. The number of aromatic nitrogens is 2. The molecule has 0 unspecified atom stereocenters. The Bertz CT molecular complexity index is 581. The smallest absolute Gasteiger partial charge is 0.148 e. The van der Waals surface area contributed by atoms with Gasteiger partial charge in [-0.3, -0.25) is 0 Å². The van der Waals surface area contributed by atoms with E-state index in [0.29, 0.717) is 5.92 Å². The zero-order valence-corrected chi connectivity index (χ0v) is 15.2. The molecule has 1 N–H and O–H groups in total. The van der Waals surface area contributed by atoms with Gasteiger partial charge in [0.15, 0.2) is 0 Å². The molecular formula is C16H22BrN3S. The number of hydrogen-bond acceptors (Lipinski definition) is 4. The van der Waals surface area contributed by atoms with Crippen molar-refractivity contribution in [1.29, 1.82) is 0 Å². The van der Waals surface area contributed by atoms with Crippen molar-refractivity contribution < 1.29 is 0 Å². The molecule has 0 amide bonds. The molecule has 114 valence electrons. The SMILES string of the molecule is Cc1ccc(-c2nnc(CCCNCC(C)C)s2)c(Br)c1. The van der Waals surface area contributed by atoms with Crippen LogP contribution in [0, 0.1) is 12.8 Å². The molecule has 2 aromatic rings. The van der Waals surface area contributed by atoms with Crippen molar-refractivity contribution in [3.05, 3.63) is 33.2 Å². The van der Waals surface area contributed by atoms with Crippen LogP contribution < -0.4 is 5.32 Å². The van der Waals surface area contributed by atoms with Gasteiger partial charge in [0.1, 0.15) is 10.0 Å². The average molecular weight is 368 g/mol. The molecule has 3 nitrogen and oxygen atoms in total. The van der Waals surface area contributed by atoms with Gasteiger partial charge in [0, 0.05) is 16.5 Å². The predicted octanol–water partition coefficient (Wildman–Crippen LogP) is 4.45. The molecule has 0 saturated heterocycles. The largest absolute Gasteiger partial charge is 0.316 e. The van der Waals surface area contributed by atoms with Gasteiger partial charge in [-0.1, -0.05) is 53.2 Å². The van der Waals surface area contributed by atoms with E-state index in [1.165, 1.54) is 5.56 Å². The van der Waals surface area contributed by atoms with Crippen LogP contribution in [0.3, 0.4) is 0 Å². The van der Waals surface area contributed by atoms with Gasteiger partial charge in [-0.2, -0.15) is 0 Å². The molecule has 0 radical (unpaired) electrons. The van der Waals surface area contributed by atoms with E-state index in [-0.39, 0.29) is 0 Å². The van der Waals surface area contributed by atoms with E-state index in [9.17, 15) is 0 Å². The second-order valence-corrected chi connectivity index (χ2v) is 7.60. The highest BCUT2D eigenvalue weighted by Gasteiger charge is 2.09. The van der Waals surface area contributed by atoms with Crippen molar-refractivity contribution in [3.63, 3.8) is 0 Å². The fourth-order valence-corrected chi connectivity index (χ4v) is 3.75. The summed E-state index contributed by atoms with van der Waals surface area (Å²) < 4.78 is 1.09. The number of hydrogen-bond donors (Lipinski definition) is 1. The molecule has 0 aliphatic carbocycles. The molecule has 0 aliphatic heterocycles. The van der Waals surface area contributed by atoms with Crippen LogP contribution in [-0.4, -0.2) is 23.3 Å². The molecule has 1 heterocycles. The molecule has 5 heteroatoms. The van der Waals surface area contributed by atoms with Gasteiger partial charge >= 0.3 is 0 Å². The summed E-state index contributed by atoms with van der Waals surface area (Å²) in [6.45, 7) is 8.66. The summed E-state index contributed by atoms with van der Waals surface area (Å²) in [7, 11) is 0. The maximum atomic E-state index is 4.32. The van der Waals surface area contributed by atoms with E-state index in [4.69, 9.17) is 0 Å². The minimum atomic E-state index is 0.706. The van der Waals surface area contributed by atoms with Crippen molar-refractivity contribution in [2.45, 2.75) is 33.6 Å². The molecule has 1 aromatic heterocycles. The lowest BCUT2D eigenvalue weighted by Gasteiger charge is -2.05. The fourth-order valence-electron chi connectivity index (χ4n) is 2.01. The third-order valence-corrected chi connectivity index (χ3v) is 4.79. The first-order valence-electron chi connectivity index (χ1n) is 7.36. The summed E-state index contributed by atoms with van der Waals surface area (Å²) in [6, 6.07) is 6.33. The molecule has 2 rings (SSSR count). The number of benzene rings is 1. The van der Waals surface area contributed by atoms with Gasteiger partial charge in [0.25, 0.3) is 0 Å². The van der Waals surface area contributed by atoms with E-state index in [1.807, 2.05) is 0 Å². The van der Waals surface area contributed by atoms with Crippen LogP contribution in [0.4, 0.5) is 0 Å². The summed E-state index contributed by atoms with van der Waals surface area (Å²) in [6.07, 6.45) is 2.10. The summed E-state index contributed by atoms with van der Waals surface area (Å²) >= 11 is 5.30. The molecule has 0 bridgehead atoms. The maximum absolute atomic E-state index is 4.32. The highest BCUT2D eigenvalue weighted by Crippen LogP contribution is 2.31. The lowest BCUT2D eigenvalue weighted by atomic mass is 10.2. The second kappa shape index (κ2) is 8.01. The lowest BCUT2D eigenvalue weighted by molar-refractivity contribution is 0.542. The predicted molar refractivity (Wildman–Crippen MR) is 93.8 cm³/mol. The van der Waals surface area contributed by atoms with Crippen molar-refractivity contribution >= 4 is 27.3 Å². The van der Waals surface area contributed by atoms with Crippen LogP contribution in [0.15, 0.2) is 22.7 Å². The monoisotopic (exact) mass is 367 g/mol. The maximum Gasteiger partial charge on any atom is 0.148 e. The van der Waals surface area contributed by atoms with Crippen molar-refractivity contribution in [1.82, 2.24) is 15.5 Å². The van der Waals surface area contributed by atoms with E-state index in [1.54, 1.807) is 11.3 Å². The van der Waals surface area contributed by atoms with Crippen LogP contribution in [0.1, 0.15) is 30.8 Å². The number of nitrogens with one attached hydrogen (secondary N) is 1. The Kier molecular flexibility index (Phi) is 6.33. The van der Waals surface area contributed by atoms with Crippen LogP contribution in [0.2, 0.25) is 0 Å². The Labute approximate surface area is 139 Å². The molecular weight excluding hydrogens is 346 g/mol. The minimum Gasteiger partial charge on any atom is -0.316 e. The van der Waals surface area contributed by atoms with Crippen LogP contribution in [-0.2, 0) is 6.42 Å². The first kappa shape index (κ1) is 16.6. The fraction of sp³-hybridized carbons (Fsp3) is 0.500. The highest BCUT2D eigenvalue weighted by molar-refractivity contribution is 9.10. The topological polar surface area (TPSA) is 37.8 Å². The van der Waals surface area contributed by atoms with E-state index in [0.717, 1.165) is 46.0 Å². The van der Waals surface area contributed by atoms with Crippen LogP contribution in [0.5, 0.6) is 0 Å². The number of rotatable bonds is 7. The summed E-state index contributed by atoms with van der Waals surface area (Å²) in [5, 5.41) is 14.2. The summed E-state index contributed by atoms with van der Waals surface area (Å²) in [5.74, 6) is 0.706. The van der Waals surface area contributed by atoms with Gasteiger partial charge in [-0.05, 0) is 44.0 Å². The minimum absolute atomic E-state index is 0.706. The second-order valence-electron chi connectivity index (χ2n) is 5.69. The molecule has 0 atom stereocenters. The first-order chi connectivity index (χ1) is 10.1. The molecule has 0 fully saturated rings. The summed E-state index contributed by atoms with van der Waals surface area (Å²) in [4.78, 5) is 0. The lowest BCUT2D eigenvalue weighted by Crippen LogP contribution is -2.21. The normalized spacial score (nSPS) is 11.3. The van der Waals surface area contributed by atoms with Gasteiger partial charge in [0.2, 0.25) is 0 Å². The van der Waals surface area contributed by atoms with E-state index in [2.05, 4.69) is 70.4 Å². The molecule has 0 spiro atoms. The Morgan fingerprint density at radius 2 is 2.10 bits per heavy atom. The van der Waals surface area contributed by atoms with Crippen LogP contribution >= 0.6 is 27.3 Å². The summed E-state index contributed by atoms with van der Waals surface area (Å²) in [5.41, 5.74) is 2.37. The number of nitrogens with zero attached hydrogens (tertiary/aromatic N) is 2. The Balaban J connectivity index is 1.89. The zero-order valence-electron chi connectivity index (χ0n) is 12.8. The highest BCUT2D eigenvalue weighted by atomic mass is 79.9. The van der Waals surface area contributed by atoms with Gasteiger partial charge in [-0.15, -0.1) is 10.2 Å². The van der Waals surface area contributed by atoms with Crippen molar-refractivity contribution in [2.24, 2.45) is 5.92 Å². The van der Waals surface area contributed by atoms with Crippen molar-refractivity contribution in [3.8, 4) is 10.6 Å².